The predicted molar refractivity (Wildman–Crippen MR) is 107 cm³/mol. The minimum atomic E-state index is -1.29. The summed E-state index contributed by atoms with van der Waals surface area (Å²) in [6, 6.07) is 6.13. The number of hydrogen-bond acceptors (Lipinski definition) is 8. The number of nitro groups is 1. The van der Waals surface area contributed by atoms with E-state index in [9.17, 15) is 29.9 Å². The molecule has 162 valence electrons. The van der Waals surface area contributed by atoms with Gasteiger partial charge >= 0.3 is 17.7 Å². The predicted octanol–water partition coefficient (Wildman–Crippen LogP) is 2.34. The van der Waals surface area contributed by atoms with Crippen molar-refractivity contribution in [2.75, 3.05) is 13.7 Å². The molecule has 0 aliphatic carbocycles. The molecule has 0 fully saturated rings. The number of esters is 1. The zero-order chi connectivity index (χ0) is 22.7. The third-order valence-electron chi connectivity index (χ3n) is 4.58. The summed E-state index contributed by atoms with van der Waals surface area (Å²) in [5, 5.41) is 36.4. The number of phenolic OH excluding ortho intramolecular Hbond substituents is 2. The number of phenols is 2. The number of urea groups is 1. The molecular weight excluding hydrogens is 410 g/mol. The molecule has 2 amide bonds. The lowest BCUT2D eigenvalue weighted by atomic mass is 9.91. The number of rotatable bonds is 6. The van der Waals surface area contributed by atoms with Gasteiger partial charge in [0, 0.05) is 17.7 Å². The number of nitrogens with one attached hydrogen (secondary N) is 2. The molecule has 1 aliphatic rings. The number of carbonyl (C=O) groups is 2. The topological polar surface area (TPSA) is 160 Å². The number of nitro benzene ring substituents is 1. The highest BCUT2D eigenvalue weighted by Gasteiger charge is 2.37. The van der Waals surface area contributed by atoms with Crippen LogP contribution in [0.5, 0.6) is 17.2 Å². The summed E-state index contributed by atoms with van der Waals surface area (Å²) in [4.78, 5) is 35.6. The minimum absolute atomic E-state index is 0.0284. The number of ether oxygens (including phenoxy) is 2. The van der Waals surface area contributed by atoms with Crippen molar-refractivity contribution in [3.63, 3.8) is 0 Å². The second-order valence-corrected chi connectivity index (χ2v) is 6.43. The van der Waals surface area contributed by atoms with Crippen LogP contribution in [-0.2, 0) is 9.53 Å². The van der Waals surface area contributed by atoms with Gasteiger partial charge in [-0.2, -0.15) is 0 Å². The standard InChI is InChI=1S/C20H19N3O8/c1-3-31-19(26)16-17(10-4-6-11(30-2)7-5-10)21-20(27)22-18(16)12-8-13(23(28)29)15(25)9-14(12)24/h4-9,18,24-25H,3H2,1-2H3,(H2,21,22,27). The Morgan fingerprint density at radius 1 is 1.19 bits per heavy atom. The molecule has 1 aliphatic heterocycles. The Bertz CT molecular complexity index is 1080. The van der Waals surface area contributed by atoms with E-state index in [1.165, 1.54) is 7.11 Å². The lowest BCUT2D eigenvalue weighted by molar-refractivity contribution is -0.386. The normalized spacial score (nSPS) is 15.7. The van der Waals surface area contributed by atoms with Crippen molar-refractivity contribution < 1.29 is 34.2 Å². The van der Waals surface area contributed by atoms with Gasteiger partial charge in [0.2, 0.25) is 0 Å². The van der Waals surface area contributed by atoms with E-state index in [-0.39, 0.29) is 23.4 Å². The van der Waals surface area contributed by atoms with Crippen molar-refractivity contribution in [3.05, 3.63) is 63.2 Å². The largest absolute Gasteiger partial charge is 0.507 e. The van der Waals surface area contributed by atoms with Crippen molar-refractivity contribution in [3.8, 4) is 17.2 Å². The number of hydrogen-bond donors (Lipinski definition) is 4. The van der Waals surface area contributed by atoms with Crippen LogP contribution in [0.1, 0.15) is 24.1 Å². The Hall–Kier alpha value is -4.28. The van der Waals surface area contributed by atoms with E-state index in [2.05, 4.69) is 10.6 Å². The van der Waals surface area contributed by atoms with Gasteiger partial charge in [-0.1, -0.05) is 0 Å². The molecule has 2 aromatic rings. The summed E-state index contributed by atoms with van der Waals surface area (Å²) < 4.78 is 10.2. The van der Waals surface area contributed by atoms with Crippen LogP contribution in [0.3, 0.4) is 0 Å². The number of amides is 2. The Balaban J connectivity index is 2.24. The van der Waals surface area contributed by atoms with E-state index >= 15 is 0 Å². The summed E-state index contributed by atoms with van der Waals surface area (Å²) in [6.07, 6.45) is 0. The first-order valence-corrected chi connectivity index (χ1v) is 9.10. The average molecular weight is 429 g/mol. The fourth-order valence-electron chi connectivity index (χ4n) is 3.17. The molecule has 0 aromatic heterocycles. The van der Waals surface area contributed by atoms with Crippen LogP contribution in [0.2, 0.25) is 0 Å². The van der Waals surface area contributed by atoms with Crippen LogP contribution in [0.15, 0.2) is 42.0 Å². The monoisotopic (exact) mass is 429 g/mol. The smallest absolute Gasteiger partial charge is 0.338 e. The second kappa shape index (κ2) is 8.61. The van der Waals surface area contributed by atoms with Crippen molar-refractivity contribution >= 4 is 23.4 Å². The van der Waals surface area contributed by atoms with E-state index in [4.69, 9.17) is 9.47 Å². The van der Waals surface area contributed by atoms with E-state index < -0.39 is 40.2 Å². The SMILES string of the molecule is CCOC(=O)C1=C(c2ccc(OC)cc2)NC(=O)NC1c1cc([N+](=O)[O-])c(O)cc1O. The van der Waals surface area contributed by atoms with Crippen LogP contribution >= 0.6 is 0 Å². The molecule has 1 atom stereocenters. The maximum absolute atomic E-state index is 12.8. The number of aromatic hydroxyl groups is 2. The van der Waals surface area contributed by atoms with Gasteiger partial charge in [0.25, 0.3) is 0 Å². The third kappa shape index (κ3) is 4.20. The third-order valence-corrected chi connectivity index (χ3v) is 4.58. The van der Waals surface area contributed by atoms with Crippen LogP contribution in [0.4, 0.5) is 10.5 Å². The average Bonchev–Trinajstić information content (AvgIpc) is 2.73. The highest BCUT2D eigenvalue weighted by Crippen LogP contribution is 2.41. The van der Waals surface area contributed by atoms with Gasteiger partial charge in [0.15, 0.2) is 5.75 Å². The van der Waals surface area contributed by atoms with Gasteiger partial charge < -0.3 is 30.3 Å². The summed E-state index contributed by atoms with van der Waals surface area (Å²) in [5.41, 5.74) is -0.397. The van der Waals surface area contributed by atoms with Crippen LogP contribution in [-0.4, -0.2) is 40.9 Å². The Morgan fingerprint density at radius 3 is 2.45 bits per heavy atom. The van der Waals surface area contributed by atoms with Crippen LogP contribution in [0, 0.1) is 10.1 Å². The molecule has 2 aromatic carbocycles. The molecule has 0 spiro atoms. The maximum atomic E-state index is 12.8. The molecule has 0 bridgehead atoms. The van der Waals surface area contributed by atoms with Gasteiger partial charge in [0.1, 0.15) is 11.5 Å². The molecular formula is C20H19N3O8. The molecule has 3 rings (SSSR count). The lowest BCUT2D eigenvalue weighted by Gasteiger charge is -2.29. The highest BCUT2D eigenvalue weighted by molar-refractivity contribution is 6.04. The van der Waals surface area contributed by atoms with Crippen molar-refractivity contribution in [1.82, 2.24) is 10.6 Å². The van der Waals surface area contributed by atoms with E-state index in [1.807, 2.05) is 0 Å². The van der Waals surface area contributed by atoms with E-state index in [1.54, 1.807) is 31.2 Å². The summed E-state index contributed by atoms with van der Waals surface area (Å²) >= 11 is 0. The van der Waals surface area contributed by atoms with Gasteiger partial charge in [-0.05, 0) is 36.8 Å². The lowest BCUT2D eigenvalue weighted by Crippen LogP contribution is -2.45. The first-order valence-electron chi connectivity index (χ1n) is 9.10. The fraction of sp³-hybridized carbons (Fsp3) is 0.200. The van der Waals surface area contributed by atoms with Gasteiger partial charge in [-0.3, -0.25) is 10.1 Å². The van der Waals surface area contributed by atoms with Crippen LogP contribution in [0.25, 0.3) is 5.70 Å². The van der Waals surface area contributed by atoms with Crippen LogP contribution < -0.4 is 15.4 Å². The molecule has 31 heavy (non-hydrogen) atoms. The highest BCUT2D eigenvalue weighted by atomic mass is 16.6. The summed E-state index contributed by atoms with van der Waals surface area (Å²) in [5.74, 6) is -1.57. The first kappa shape index (κ1) is 21.4. The molecule has 11 heteroatoms. The maximum Gasteiger partial charge on any atom is 0.338 e. The zero-order valence-electron chi connectivity index (χ0n) is 16.5. The van der Waals surface area contributed by atoms with Gasteiger partial charge in [-0.15, -0.1) is 0 Å². The molecule has 0 saturated heterocycles. The van der Waals surface area contributed by atoms with Gasteiger partial charge in [-0.25, -0.2) is 9.59 Å². The molecule has 0 radical (unpaired) electrons. The number of benzene rings is 2. The first-order chi connectivity index (χ1) is 14.8. The Morgan fingerprint density at radius 2 is 1.87 bits per heavy atom. The van der Waals surface area contributed by atoms with E-state index in [0.717, 1.165) is 12.1 Å². The molecule has 1 unspecified atom stereocenters. The molecule has 11 nitrogen and oxygen atoms in total. The Labute approximate surface area is 176 Å². The second-order valence-electron chi connectivity index (χ2n) is 6.43. The molecule has 1 heterocycles. The van der Waals surface area contributed by atoms with Gasteiger partial charge in [0.05, 0.1) is 36.0 Å². The van der Waals surface area contributed by atoms with Crippen molar-refractivity contribution in [1.29, 1.82) is 0 Å². The quantitative estimate of drug-likeness (QED) is 0.309. The van der Waals surface area contributed by atoms with Crippen molar-refractivity contribution in [2.45, 2.75) is 13.0 Å². The molecule has 0 saturated carbocycles. The minimum Gasteiger partial charge on any atom is -0.507 e. The fourth-order valence-corrected chi connectivity index (χ4v) is 3.17. The number of carbonyl (C=O) groups excluding carboxylic acids is 2. The zero-order valence-corrected chi connectivity index (χ0v) is 16.5. The number of nitrogens with zero attached hydrogens (tertiary/aromatic N) is 1. The summed E-state index contributed by atoms with van der Waals surface area (Å²) in [6.45, 7) is 1.62. The number of methoxy groups -OCH3 is 1. The van der Waals surface area contributed by atoms with E-state index in [0.29, 0.717) is 11.3 Å². The Kier molecular flexibility index (Phi) is 5.95. The summed E-state index contributed by atoms with van der Waals surface area (Å²) in [7, 11) is 1.49. The van der Waals surface area contributed by atoms with Crippen molar-refractivity contribution in [2.24, 2.45) is 0 Å². The molecule has 4 N–H and O–H groups in total.